The standard InChI is InChI=1S/C9H13F3O2/c10-9(11,12)8(14)5-6-1-3-7(13)4-2-6/h6-7,13H,1-5H2. The molecule has 0 saturated heterocycles. The van der Waals surface area contributed by atoms with Crippen LogP contribution in [-0.2, 0) is 4.79 Å². The maximum Gasteiger partial charge on any atom is 0.449 e. The Morgan fingerprint density at radius 3 is 2.14 bits per heavy atom. The van der Waals surface area contributed by atoms with Crippen LogP contribution >= 0.6 is 0 Å². The molecule has 0 radical (unpaired) electrons. The van der Waals surface area contributed by atoms with Crippen molar-refractivity contribution in [3.63, 3.8) is 0 Å². The first-order valence-electron chi connectivity index (χ1n) is 4.67. The van der Waals surface area contributed by atoms with E-state index in [9.17, 15) is 18.0 Å². The summed E-state index contributed by atoms with van der Waals surface area (Å²) in [6.45, 7) is 0. The first kappa shape index (κ1) is 11.5. The number of carbonyl (C=O) groups is 1. The van der Waals surface area contributed by atoms with E-state index in [1.54, 1.807) is 0 Å². The highest BCUT2D eigenvalue weighted by Crippen LogP contribution is 2.30. The Labute approximate surface area is 80.1 Å². The second kappa shape index (κ2) is 4.29. The predicted octanol–water partition coefficient (Wildman–Crippen LogP) is 2.06. The van der Waals surface area contributed by atoms with Gasteiger partial charge in [0, 0.05) is 6.42 Å². The molecule has 0 bridgehead atoms. The number of Topliss-reactive ketones (excluding diaryl/α,β-unsaturated/α-hetero) is 1. The molecule has 1 saturated carbocycles. The van der Waals surface area contributed by atoms with Gasteiger partial charge in [-0.2, -0.15) is 13.2 Å². The highest BCUT2D eigenvalue weighted by Gasteiger charge is 2.39. The highest BCUT2D eigenvalue weighted by molar-refractivity contribution is 5.84. The third-order valence-electron chi connectivity index (χ3n) is 2.61. The summed E-state index contributed by atoms with van der Waals surface area (Å²) in [6, 6.07) is 0. The van der Waals surface area contributed by atoms with E-state index in [2.05, 4.69) is 0 Å². The normalized spacial score (nSPS) is 28.9. The fourth-order valence-corrected chi connectivity index (χ4v) is 1.73. The van der Waals surface area contributed by atoms with Crippen molar-refractivity contribution in [2.24, 2.45) is 5.92 Å². The zero-order valence-electron chi connectivity index (χ0n) is 7.68. The lowest BCUT2D eigenvalue weighted by molar-refractivity contribution is -0.172. The number of carbonyl (C=O) groups excluding carboxylic acids is 1. The third kappa shape index (κ3) is 3.29. The number of hydrogen-bond acceptors (Lipinski definition) is 2. The fourth-order valence-electron chi connectivity index (χ4n) is 1.73. The molecule has 1 aliphatic carbocycles. The van der Waals surface area contributed by atoms with E-state index in [-0.39, 0.29) is 5.92 Å². The van der Waals surface area contributed by atoms with Gasteiger partial charge in [0.15, 0.2) is 0 Å². The van der Waals surface area contributed by atoms with Crippen LogP contribution < -0.4 is 0 Å². The second-order valence-electron chi connectivity index (χ2n) is 3.80. The maximum atomic E-state index is 11.9. The van der Waals surface area contributed by atoms with E-state index in [4.69, 9.17) is 5.11 Å². The molecule has 2 nitrogen and oxygen atoms in total. The van der Waals surface area contributed by atoms with Gasteiger partial charge in [-0.15, -0.1) is 0 Å². The Balaban J connectivity index is 2.35. The van der Waals surface area contributed by atoms with Crippen LogP contribution in [0.1, 0.15) is 32.1 Å². The summed E-state index contributed by atoms with van der Waals surface area (Å²) in [4.78, 5) is 10.6. The zero-order valence-corrected chi connectivity index (χ0v) is 7.68. The van der Waals surface area contributed by atoms with Gasteiger partial charge in [0.1, 0.15) is 0 Å². The number of hydrogen-bond donors (Lipinski definition) is 1. The molecular weight excluding hydrogens is 197 g/mol. The molecule has 5 heteroatoms. The molecular formula is C9H13F3O2. The number of rotatable bonds is 2. The van der Waals surface area contributed by atoms with E-state index < -0.39 is 24.5 Å². The van der Waals surface area contributed by atoms with Crippen molar-refractivity contribution in [1.82, 2.24) is 0 Å². The summed E-state index contributed by atoms with van der Waals surface area (Å²) < 4.78 is 35.6. The minimum Gasteiger partial charge on any atom is -0.393 e. The molecule has 0 unspecified atom stereocenters. The third-order valence-corrected chi connectivity index (χ3v) is 2.61. The van der Waals surface area contributed by atoms with E-state index in [1.165, 1.54) is 0 Å². The van der Waals surface area contributed by atoms with Crippen LogP contribution in [0.3, 0.4) is 0 Å². The van der Waals surface area contributed by atoms with Crippen molar-refractivity contribution in [1.29, 1.82) is 0 Å². The van der Waals surface area contributed by atoms with Crippen LogP contribution in [0, 0.1) is 5.92 Å². The van der Waals surface area contributed by atoms with Crippen molar-refractivity contribution < 1.29 is 23.1 Å². The molecule has 0 atom stereocenters. The molecule has 0 aromatic carbocycles. The minimum absolute atomic E-state index is 0.201. The Morgan fingerprint density at radius 1 is 1.21 bits per heavy atom. The van der Waals surface area contributed by atoms with Crippen LogP contribution in [0.15, 0.2) is 0 Å². The average molecular weight is 210 g/mol. The van der Waals surface area contributed by atoms with Crippen LogP contribution in [0.5, 0.6) is 0 Å². The van der Waals surface area contributed by atoms with Crippen molar-refractivity contribution in [2.75, 3.05) is 0 Å². The van der Waals surface area contributed by atoms with Gasteiger partial charge in [-0.3, -0.25) is 4.79 Å². The molecule has 1 fully saturated rings. The van der Waals surface area contributed by atoms with Crippen molar-refractivity contribution in [2.45, 2.75) is 44.4 Å². The van der Waals surface area contributed by atoms with E-state index >= 15 is 0 Å². The van der Waals surface area contributed by atoms with Gasteiger partial charge < -0.3 is 5.11 Å². The van der Waals surface area contributed by atoms with Gasteiger partial charge in [-0.1, -0.05) is 0 Å². The molecule has 0 aromatic rings. The molecule has 1 aliphatic rings. The van der Waals surface area contributed by atoms with Gasteiger partial charge >= 0.3 is 6.18 Å². The van der Waals surface area contributed by atoms with Gasteiger partial charge in [0.2, 0.25) is 5.78 Å². The molecule has 1 N–H and O–H groups in total. The smallest absolute Gasteiger partial charge is 0.393 e. The Morgan fingerprint density at radius 2 is 1.71 bits per heavy atom. The predicted molar refractivity (Wildman–Crippen MR) is 43.6 cm³/mol. The van der Waals surface area contributed by atoms with Crippen LogP contribution in [0.2, 0.25) is 0 Å². The Kier molecular flexibility index (Phi) is 3.53. The summed E-state index contributed by atoms with van der Waals surface area (Å²) in [6.07, 6.45) is -3.46. The second-order valence-corrected chi connectivity index (χ2v) is 3.80. The molecule has 0 spiro atoms. The van der Waals surface area contributed by atoms with Gasteiger partial charge in [0.05, 0.1) is 6.10 Å². The lowest BCUT2D eigenvalue weighted by atomic mass is 9.84. The minimum atomic E-state index is -4.70. The van der Waals surface area contributed by atoms with Gasteiger partial charge in [0.25, 0.3) is 0 Å². The average Bonchev–Trinajstić information content (AvgIpc) is 2.07. The van der Waals surface area contributed by atoms with Gasteiger partial charge in [-0.05, 0) is 31.6 Å². The first-order chi connectivity index (χ1) is 6.39. The largest absolute Gasteiger partial charge is 0.449 e. The van der Waals surface area contributed by atoms with Crippen LogP contribution in [-0.4, -0.2) is 23.2 Å². The summed E-state index contributed by atoms with van der Waals surface area (Å²) in [5, 5.41) is 9.11. The molecule has 0 amide bonds. The van der Waals surface area contributed by atoms with E-state index in [0.29, 0.717) is 25.7 Å². The van der Waals surface area contributed by atoms with E-state index in [0.717, 1.165) is 0 Å². The fraction of sp³-hybridized carbons (Fsp3) is 0.889. The summed E-state index contributed by atoms with van der Waals surface area (Å²) in [7, 11) is 0. The molecule has 1 rings (SSSR count). The quantitative estimate of drug-likeness (QED) is 0.757. The van der Waals surface area contributed by atoms with Crippen molar-refractivity contribution in [3.05, 3.63) is 0 Å². The van der Waals surface area contributed by atoms with Crippen molar-refractivity contribution in [3.8, 4) is 0 Å². The summed E-state index contributed by atoms with van der Waals surface area (Å²) in [5.74, 6) is -1.84. The van der Waals surface area contributed by atoms with Crippen LogP contribution in [0.25, 0.3) is 0 Å². The number of aliphatic hydroxyl groups excluding tert-OH is 1. The number of ketones is 1. The van der Waals surface area contributed by atoms with E-state index in [1.807, 2.05) is 0 Å². The van der Waals surface area contributed by atoms with Crippen LogP contribution in [0.4, 0.5) is 13.2 Å². The number of alkyl halides is 3. The Hall–Kier alpha value is -0.580. The first-order valence-corrected chi connectivity index (χ1v) is 4.67. The molecule has 14 heavy (non-hydrogen) atoms. The number of halogens is 3. The highest BCUT2D eigenvalue weighted by atomic mass is 19.4. The molecule has 0 aromatic heterocycles. The summed E-state index contributed by atoms with van der Waals surface area (Å²) in [5.41, 5.74) is 0. The summed E-state index contributed by atoms with van der Waals surface area (Å²) >= 11 is 0. The maximum absolute atomic E-state index is 11.9. The molecule has 82 valence electrons. The lowest BCUT2D eigenvalue weighted by Crippen LogP contribution is -2.27. The Bertz CT molecular complexity index is 205. The zero-order chi connectivity index (χ0) is 10.8. The number of aliphatic hydroxyl groups is 1. The topological polar surface area (TPSA) is 37.3 Å². The van der Waals surface area contributed by atoms with Crippen molar-refractivity contribution >= 4 is 5.78 Å². The molecule has 0 aliphatic heterocycles. The SMILES string of the molecule is O=C(CC1CCC(O)CC1)C(F)(F)F. The monoisotopic (exact) mass is 210 g/mol. The lowest BCUT2D eigenvalue weighted by Gasteiger charge is -2.24. The van der Waals surface area contributed by atoms with Gasteiger partial charge in [-0.25, -0.2) is 0 Å². The molecule has 0 heterocycles.